The normalized spacial score (nSPS) is 52.9. The second kappa shape index (κ2) is 16.4. The predicted molar refractivity (Wildman–Crippen MR) is 219 cm³/mol. The molecule has 0 unspecified atom stereocenters. The highest BCUT2D eigenvalue weighted by Gasteiger charge is 2.70. The fourth-order valence-electron chi connectivity index (χ4n) is 14.6. The van der Waals surface area contributed by atoms with Crippen molar-refractivity contribution in [1.82, 2.24) is 0 Å². The fourth-order valence-corrected chi connectivity index (χ4v) is 14.6. The molecule has 17 heteroatoms. The maximum Gasteiger partial charge on any atom is 0.335 e. The Kier molecular flexibility index (Phi) is 12.4. The van der Waals surface area contributed by atoms with Crippen LogP contribution in [0.15, 0.2) is 11.6 Å². The van der Waals surface area contributed by atoms with Gasteiger partial charge in [-0.1, -0.05) is 60.1 Å². The highest BCUT2D eigenvalue weighted by atomic mass is 16.8. The summed E-state index contributed by atoms with van der Waals surface area (Å²) < 4.78 is 36.2. The van der Waals surface area contributed by atoms with Crippen molar-refractivity contribution in [2.75, 3.05) is 13.2 Å². The molecule has 3 heterocycles. The van der Waals surface area contributed by atoms with Crippen molar-refractivity contribution in [3.63, 3.8) is 0 Å². The second-order valence-electron chi connectivity index (χ2n) is 22.6. The molecule has 3 saturated heterocycles. The van der Waals surface area contributed by atoms with E-state index in [9.17, 15) is 55.5 Å². The van der Waals surface area contributed by atoms with Gasteiger partial charge in [0.15, 0.2) is 25.0 Å². The highest BCUT2D eigenvalue weighted by molar-refractivity contribution is 5.76. The van der Waals surface area contributed by atoms with Gasteiger partial charge < -0.3 is 74.4 Å². The van der Waals surface area contributed by atoms with Crippen LogP contribution in [0.5, 0.6) is 0 Å². The van der Waals surface area contributed by atoms with Crippen LogP contribution in [-0.4, -0.2) is 157 Å². The summed E-state index contributed by atoms with van der Waals surface area (Å²) in [6.45, 7) is 15.2. The third kappa shape index (κ3) is 7.46. The van der Waals surface area contributed by atoms with Gasteiger partial charge >= 0.3 is 11.9 Å². The van der Waals surface area contributed by atoms with E-state index in [1.165, 1.54) is 5.57 Å². The van der Waals surface area contributed by atoms with Crippen LogP contribution in [0, 0.1) is 50.2 Å². The van der Waals surface area contributed by atoms with Crippen LogP contribution in [0.25, 0.3) is 0 Å². The first kappa shape index (κ1) is 47.6. The Labute approximate surface area is 369 Å². The van der Waals surface area contributed by atoms with Gasteiger partial charge in [-0.25, -0.2) is 4.79 Å². The summed E-state index contributed by atoms with van der Waals surface area (Å²) in [6.07, 6.45) is -12.4. The topological polar surface area (TPSA) is 272 Å². The lowest BCUT2D eigenvalue weighted by Crippen LogP contribution is -2.68. The zero-order valence-corrected chi connectivity index (χ0v) is 37.7. The Balaban J connectivity index is 1.09. The molecule has 358 valence electrons. The quantitative estimate of drug-likeness (QED) is 0.125. The van der Waals surface area contributed by atoms with Crippen LogP contribution in [0.1, 0.15) is 113 Å². The van der Waals surface area contributed by atoms with E-state index in [0.717, 1.165) is 44.9 Å². The highest BCUT2D eigenvalue weighted by Crippen LogP contribution is 2.76. The van der Waals surface area contributed by atoms with Crippen LogP contribution in [0.2, 0.25) is 0 Å². The number of ether oxygens (including phenoxy) is 6. The van der Waals surface area contributed by atoms with Crippen LogP contribution < -0.4 is 0 Å². The third-order valence-electron chi connectivity index (χ3n) is 18.6. The van der Waals surface area contributed by atoms with Crippen LogP contribution in [-0.2, 0) is 38.0 Å². The third-order valence-corrected chi connectivity index (χ3v) is 18.6. The summed E-state index contributed by atoms with van der Waals surface area (Å²) in [7, 11) is 0. The van der Waals surface area contributed by atoms with Crippen molar-refractivity contribution >= 4 is 11.9 Å². The van der Waals surface area contributed by atoms with E-state index in [1.807, 2.05) is 0 Å². The molecule has 0 aromatic carbocycles. The monoisotopic (exact) mass is 896 g/mol. The van der Waals surface area contributed by atoms with Gasteiger partial charge in [0.05, 0.1) is 24.7 Å². The molecule has 21 atom stereocenters. The number of carboxylic acids is 2. The maximum absolute atomic E-state index is 13.1. The first-order valence-corrected chi connectivity index (χ1v) is 23.1. The molecule has 63 heavy (non-hydrogen) atoms. The molecule has 0 amide bonds. The number of hydrogen-bond donors (Lipinski definition) is 9. The molecule has 0 bridgehead atoms. The largest absolute Gasteiger partial charge is 0.481 e. The zero-order valence-electron chi connectivity index (χ0n) is 37.7. The number of aliphatic hydroxyl groups is 7. The summed E-state index contributed by atoms with van der Waals surface area (Å²) in [5.41, 5.74) is -0.342. The number of allylic oxidation sites excluding steroid dienone is 2. The Morgan fingerprint density at radius 2 is 1.24 bits per heavy atom. The molecule has 4 saturated carbocycles. The maximum atomic E-state index is 13.1. The molecular weight excluding hydrogens is 824 g/mol. The number of carbonyl (C=O) groups is 2. The molecule has 3 aliphatic heterocycles. The van der Waals surface area contributed by atoms with Crippen LogP contribution >= 0.6 is 0 Å². The van der Waals surface area contributed by atoms with Crippen molar-refractivity contribution in [3.05, 3.63) is 11.6 Å². The lowest BCUT2D eigenvalue weighted by Gasteiger charge is -2.71. The first-order chi connectivity index (χ1) is 29.3. The average molecular weight is 897 g/mol. The SMILES string of the molecule is CC1(C)CC[C@]2(C(=O)O)CC[C@]3(C)C(=CC[C@@H]4[C@@]5(C)CC[C@H](O[C@@H]6O[C@H](C(=O)O)[C@@H](O)[C@H](O[C@@H]7OC[C@@H](O)[C@H](O)[C@H]7O)[C@H]6O[C@@H]6OC[C@@H](O)[C@H](O)[C@H]6O)C(C)(C)[C@@H]5CC[C@]43C)[C@@H]2C1. The fraction of sp³-hybridized carbons (Fsp3) is 0.913. The minimum atomic E-state index is -1.99. The van der Waals surface area contributed by atoms with Gasteiger partial charge in [-0.3, -0.25) is 4.79 Å². The van der Waals surface area contributed by atoms with Gasteiger partial charge in [0, 0.05) is 0 Å². The van der Waals surface area contributed by atoms with E-state index >= 15 is 0 Å². The molecule has 8 aliphatic rings. The smallest absolute Gasteiger partial charge is 0.335 e. The van der Waals surface area contributed by atoms with E-state index in [2.05, 4.69) is 54.5 Å². The zero-order chi connectivity index (χ0) is 46.0. The molecular formula is C46H72O17. The standard InChI is InChI=1S/C46H72O17/c1-41(2)14-16-46(40(56)57)17-15-44(6)21(22(46)18-41)8-9-26-43(5)12-11-27(42(3,4)25(43)10-13-45(26,44)7)60-39-35(63-38-31(52)29(50)24(48)20-59-38)33(32(53)34(62-39)36(54)55)61-37-30(51)28(49)23(47)19-58-37/h8,22-35,37-39,47-53H,9-20H2,1-7H3,(H,54,55)(H,56,57)/t22-,23+,24+,25-,26+,27-,28-,29-,30+,31+,32-,33-,34-,35+,37-,38-,39+,43-,44+,45+,46-/m0/s1. The Bertz CT molecular complexity index is 1770. The molecule has 0 radical (unpaired) electrons. The average Bonchev–Trinajstić information content (AvgIpc) is 3.20. The molecule has 9 N–H and O–H groups in total. The molecule has 5 aliphatic carbocycles. The summed E-state index contributed by atoms with van der Waals surface area (Å²) >= 11 is 0. The first-order valence-electron chi connectivity index (χ1n) is 23.1. The minimum Gasteiger partial charge on any atom is -0.481 e. The minimum absolute atomic E-state index is 0.00829. The van der Waals surface area contributed by atoms with Crippen molar-refractivity contribution in [2.45, 2.75) is 199 Å². The number of aliphatic carboxylic acids is 2. The lowest BCUT2D eigenvalue weighted by atomic mass is 9.33. The van der Waals surface area contributed by atoms with Gasteiger partial charge in [-0.05, 0) is 109 Å². The van der Waals surface area contributed by atoms with Crippen LogP contribution in [0.3, 0.4) is 0 Å². The molecule has 8 rings (SSSR count). The van der Waals surface area contributed by atoms with Crippen molar-refractivity contribution in [3.8, 4) is 0 Å². The van der Waals surface area contributed by atoms with Gasteiger partial charge in [-0.15, -0.1) is 0 Å². The van der Waals surface area contributed by atoms with Gasteiger partial charge in [0.2, 0.25) is 0 Å². The van der Waals surface area contributed by atoms with Crippen molar-refractivity contribution in [2.24, 2.45) is 50.2 Å². The van der Waals surface area contributed by atoms with E-state index in [4.69, 9.17) is 28.4 Å². The number of hydrogen-bond acceptors (Lipinski definition) is 15. The van der Waals surface area contributed by atoms with Crippen molar-refractivity contribution < 1.29 is 84.0 Å². The molecule has 0 spiro atoms. The van der Waals surface area contributed by atoms with Crippen LogP contribution in [0.4, 0.5) is 0 Å². The van der Waals surface area contributed by atoms with E-state index in [-0.39, 0.29) is 39.4 Å². The Hall–Kier alpha value is -1.84. The molecule has 17 nitrogen and oxygen atoms in total. The summed E-state index contributed by atoms with van der Waals surface area (Å²) in [4.78, 5) is 25.8. The van der Waals surface area contributed by atoms with Gasteiger partial charge in [0.25, 0.3) is 0 Å². The second-order valence-corrected chi connectivity index (χ2v) is 22.6. The number of carboxylic acid groups (broad SMARTS) is 2. The van der Waals surface area contributed by atoms with E-state index in [0.29, 0.717) is 19.3 Å². The number of aliphatic hydroxyl groups excluding tert-OH is 7. The van der Waals surface area contributed by atoms with E-state index in [1.54, 1.807) is 0 Å². The summed E-state index contributed by atoms with van der Waals surface area (Å²) in [6, 6.07) is 0. The molecule has 7 fully saturated rings. The lowest BCUT2D eigenvalue weighted by molar-refractivity contribution is -0.386. The van der Waals surface area contributed by atoms with Gasteiger partial charge in [-0.2, -0.15) is 0 Å². The summed E-state index contributed by atoms with van der Waals surface area (Å²) in [5.74, 6) is -1.84. The Morgan fingerprint density at radius 3 is 1.83 bits per heavy atom. The van der Waals surface area contributed by atoms with E-state index < -0.39 is 122 Å². The number of rotatable bonds is 8. The molecule has 0 aromatic heterocycles. The molecule has 0 aromatic rings. The van der Waals surface area contributed by atoms with Gasteiger partial charge in [0.1, 0.15) is 54.9 Å². The number of fused-ring (bicyclic) bond motifs is 7. The Morgan fingerprint density at radius 1 is 0.651 bits per heavy atom. The predicted octanol–water partition coefficient (Wildman–Crippen LogP) is 2.08. The van der Waals surface area contributed by atoms with Crippen molar-refractivity contribution in [1.29, 1.82) is 0 Å². The summed E-state index contributed by atoms with van der Waals surface area (Å²) in [5, 5.41) is 95.6.